The maximum Gasteiger partial charge on any atom is 0.328 e. The standard InChI is InChI=1S/C12H14N2O3/c1-7-5-14(11(17)13-10(7)16)9-2-3-12(6-15)4-8(9)12/h2-3,5,8-9,15H,4,6H2,1H3,(H,13,16,17)/t8-,9+,12?/m0/s1. The minimum atomic E-state index is -0.379. The van der Waals surface area contributed by atoms with Crippen LogP contribution in [0.15, 0.2) is 27.9 Å². The number of nitrogens with zero attached hydrogens (tertiary/aromatic N) is 1. The zero-order valence-electron chi connectivity index (χ0n) is 9.51. The lowest BCUT2D eigenvalue weighted by molar-refractivity contribution is 0.230. The molecule has 0 saturated heterocycles. The van der Waals surface area contributed by atoms with Crippen molar-refractivity contribution in [2.75, 3.05) is 6.61 Å². The first-order valence-corrected chi connectivity index (χ1v) is 5.70. The van der Waals surface area contributed by atoms with E-state index in [1.807, 2.05) is 12.2 Å². The summed E-state index contributed by atoms with van der Waals surface area (Å²) in [6.07, 6.45) is 6.45. The molecule has 3 rings (SSSR count). The van der Waals surface area contributed by atoms with Gasteiger partial charge in [-0.3, -0.25) is 14.3 Å². The quantitative estimate of drug-likeness (QED) is 0.705. The molecule has 5 heteroatoms. The normalized spacial score (nSPS) is 33.8. The van der Waals surface area contributed by atoms with E-state index in [0.717, 1.165) is 6.42 Å². The first-order chi connectivity index (χ1) is 8.07. The fourth-order valence-corrected chi connectivity index (χ4v) is 2.76. The maximum absolute atomic E-state index is 11.7. The van der Waals surface area contributed by atoms with E-state index >= 15 is 0 Å². The van der Waals surface area contributed by atoms with Crippen molar-refractivity contribution in [2.24, 2.45) is 11.3 Å². The Kier molecular flexibility index (Phi) is 1.98. The summed E-state index contributed by atoms with van der Waals surface area (Å²) in [6.45, 7) is 1.81. The third-order valence-electron chi connectivity index (χ3n) is 3.98. The summed E-state index contributed by atoms with van der Waals surface area (Å²) in [5, 5.41) is 9.30. The maximum atomic E-state index is 11.7. The molecule has 1 aromatic heterocycles. The van der Waals surface area contributed by atoms with E-state index in [1.165, 1.54) is 0 Å². The van der Waals surface area contributed by atoms with Gasteiger partial charge < -0.3 is 5.11 Å². The van der Waals surface area contributed by atoms with Crippen molar-refractivity contribution in [1.82, 2.24) is 9.55 Å². The molecule has 1 unspecified atom stereocenters. The number of hydrogen-bond acceptors (Lipinski definition) is 3. The lowest BCUT2D eigenvalue weighted by atomic mass is 10.1. The number of H-pyrrole nitrogens is 1. The monoisotopic (exact) mass is 234 g/mol. The second-order valence-corrected chi connectivity index (χ2v) is 5.03. The highest BCUT2D eigenvalue weighted by molar-refractivity contribution is 5.28. The summed E-state index contributed by atoms with van der Waals surface area (Å²) in [6, 6.07) is -0.0369. The summed E-state index contributed by atoms with van der Waals surface area (Å²) in [5.41, 5.74) is -0.304. The van der Waals surface area contributed by atoms with Crippen molar-refractivity contribution >= 4 is 0 Å². The summed E-state index contributed by atoms with van der Waals surface area (Å²) in [7, 11) is 0. The van der Waals surface area contributed by atoms with Crippen LogP contribution in [-0.2, 0) is 0 Å². The molecule has 2 N–H and O–H groups in total. The number of hydrogen-bond donors (Lipinski definition) is 2. The molecule has 90 valence electrons. The first kappa shape index (κ1) is 10.5. The Morgan fingerprint density at radius 3 is 2.94 bits per heavy atom. The molecule has 3 atom stereocenters. The Morgan fingerprint density at radius 1 is 1.59 bits per heavy atom. The average Bonchev–Trinajstić information content (AvgIpc) is 2.92. The van der Waals surface area contributed by atoms with Crippen molar-refractivity contribution in [3.8, 4) is 0 Å². The van der Waals surface area contributed by atoms with Crippen LogP contribution in [0.3, 0.4) is 0 Å². The second-order valence-electron chi connectivity index (χ2n) is 5.03. The molecule has 0 amide bonds. The second kappa shape index (κ2) is 3.20. The largest absolute Gasteiger partial charge is 0.395 e. The molecule has 1 fully saturated rings. The predicted octanol–water partition coefficient (Wildman–Crippen LogP) is -0.0455. The lowest BCUT2D eigenvalue weighted by Crippen LogP contribution is -2.33. The predicted molar refractivity (Wildman–Crippen MR) is 61.9 cm³/mol. The molecule has 0 spiro atoms. The molecule has 1 aromatic rings. The highest BCUT2D eigenvalue weighted by atomic mass is 16.3. The van der Waals surface area contributed by atoms with E-state index in [9.17, 15) is 14.7 Å². The third kappa shape index (κ3) is 1.35. The van der Waals surface area contributed by atoms with E-state index in [4.69, 9.17) is 0 Å². The zero-order valence-corrected chi connectivity index (χ0v) is 9.51. The van der Waals surface area contributed by atoms with E-state index in [1.54, 1.807) is 17.7 Å². The van der Waals surface area contributed by atoms with E-state index in [0.29, 0.717) is 5.56 Å². The Morgan fingerprint density at radius 2 is 2.35 bits per heavy atom. The van der Waals surface area contributed by atoms with Crippen LogP contribution in [-0.4, -0.2) is 21.3 Å². The molecule has 5 nitrogen and oxygen atoms in total. The molecule has 0 radical (unpaired) electrons. The minimum Gasteiger partial charge on any atom is -0.395 e. The van der Waals surface area contributed by atoms with Gasteiger partial charge in [-0.25, -0.2) is 4.79 Å². The topological polar surface area (TPSA) is 75.1 Å². The van der Waals surface area contributed by atoms with Gasteiger partial charge in [0.25, 0.3) is 5.56 Å². The van der Waals surface area contributed by atoms with Gasteiger partial charge >= 0.3 is 5.69 Å². The number of aromatic nitrogens is 2. The highest BCUT2D eigenvalue weighted by Gasteiger charge is 2.58. The Bertz CT molecular complexity index is 613. The number of aliphatic hydroxyl groups excluding tert-OH is 1. The van der Waals surface area contributed by atoms with E-state index in [2.05, 4.69) is 4.98 Å². The molecule has 0 aliphatic heterocycles. The summed E-state index contributed by atoms with van der Waals surface area (Å²) >= 11 is 0. The SMILES string of the molecule is Cc1cn([C@@H]2C=CC3(CO)C[C@@H]23)c(=O)[nH]c1=O. The van der Waals surface area contributed by atoms with Gasteiger partial charge in [0.2, 0.25) is 0 Å². The van der Waals surface area contributed by atoms with Crippen LogP contribution in [0.25, 0.3) is 0 Å². The zero-order chi connectivity index (χ0) is 12.2. The fourth-order valence-electron chi connectivity index (χ4n) is 2.76. The van der Waals surface area contributed by atoms with Crippen LogP contribution in [0.1, 0.15) is 18.0 Å². The van der Waals surface area contributed by atoms with Gasteiger partial charge in [0.1, 0.15) is 0 Å². The van der Waals surface area contributed by atoms with Crippen molar-refractivity contribution < 1.29 is 5.11 Å². The average molecular weight is 234 g/mol. The van der Waals surface area contributed by atoms with Gasteiger partial charge in [0, 0.05) is 17.2 Å². The first-order valence-electron chi connectivity index (χ1n) is 5.70. The number of rotatable bonds is 2. The number of fused-ring (bicyclic) bond motifs is 1. The number of nitrogens with one attached hydrogen (secondary N) is 1. The van der Waals surface area contributed by atoms with Crippen molar-refractivity contribution in [2.45, 2.75) is 19.4 Å². The minimum absolute atomic E-state index is 0.0369. The van der Waals surface area contributed by atoms with Crippen molar-refractivity contribution in [3.05, 3.63) is 44.8 Å². The molecular weight excluding hydrogens is 220 g/mol. The molecule has 1 saturated carbocycles. The molecule has 17 heavy (non-hydrogen) atoms. The van der Waals surface area contributed by atoms with Crippen LogP contribution >= 0.6 is 0 Å². The molecule has 1 heterocycles. The van der Waals surface area contributed by atoms with Gasteiger partial charge in [-0.1, -0.05) is 12.2 Å². The number of allylic oxidation sites excluding steroid dienone is 1. The van der Waals surface area contributed by atoms with Gasteiger partial charge in [-0.2, -0.15) is 0 Å². The lowest BCUT2D eigenvalue weighted by Gasteiger charge is -2.13. The van der Waals surface area contributed by atoms with Gasteiger partial charge in [-0.15, -0.1) is 0 Å². The fraction of sp³-hybridized carbons (Fsp3) is 0.500. The van der Waals surface area contributed by atoms with Gasteiger partial charge in [0.05, 0.1) is 12.6 Å². The Labute approximate surface area is 97.4 Å². The molecule has 0 bridgehead atoms. The van der Waals surface area contributed by atoms with Crippen molar-refractivity contribution in [1.29, 1.82) is 0 Å². The van der Waals surface area contributed by atoms with Crippen molar-refractivity contribution in [3.63, 3.8) is 0 Å². The summed E-state index contributed by atoms with van der Waals surface area (Å²) < 4.78 is 1.56. The number of aliphatic hydroxyl groups is 1. The molecule has 0 aromatic carbocycles. The third-order valence-corrected chi connectivity index (χ3v) is 3.98. The summed E-state index contributed by atoms with van der Waals surface area (Å²) in [4.78, 5) is 25.3. The molecule has 2 aliphatic carbocycles. The smallest absolute Gasteiger partial charge is 0.328 e. The van der Waals surface area contributed by atoms with E-state index in [-0.39, 0.29) is 35.2 Å². The van der Waals surface area contributed by atoms with Crippen LogP contribution in [0, 0.1) is 18.3 Å². The van der Waals surface area contributed by atoms with Gasteiger partial charge in [0.15, 0.2) is 0 Å². The Hall–Kier alpha value is -1.62. The number of aromatic amines is 1. The highest BCUT2D eigenvalue weighted by Crippen LogP contribution is 2.63. The molecular formula is C12H14N2O3. The van der Waals surface area contributed by atoms with Gasteiger partial charge in [-0.05, 0) is 19.3 Å². The van der Waals surface area contributed by atoms with Crippen LogP contribution in [0.5, 0.6) is 0 Å². The summed E-state index contributed by atoms with van der Waals surface area (Å²) in [5.74, 6) is 0.288. The van der Waals surface area contributed by atoms with Crippen LogP contribution < -0.4 is 11.2 Å². The molecule has 2 aliphatic rings. The number of aryl methyl sites for hydroxylation is 1. The van der Waals surface area contributed by atoms with E-state index < -0.39 is 0 Å². The van der Waals surface area contributed by atoms with Crippen LogP contribution in [0.4, 0.5) is 0 Å². The Balaban J connectivity index is 2.03. The van der Waals surface area contributed by atoms with Crippen LogP contribution in [0.2, 0.25) is 0 Å².